The van der Waals surface area contributed by atoms with Crippen LogP contribution in [0.2, 0.25) is 0 Å². The monoisotopic (exact) mass is 778 g/mol. The summed E-state index contributed by atoms with van der Waals surface area (Å²) in [5.74, 6) is 0. The standard InChI is InChI=1S/C52H35BN2OS2/c1-52(2,3)28-16-18-29(19-17-28)54-41-26-48-38(31-11-5-8-14-46(31)57-48)22-35(41)33-20-21-34-36-23-39-32-12-6-9-15-47(32)58-49(39)27-42(36)55-43-24-37-30-10-4-7-13-44(30)56-45(37)25-40(43)53-50(33)51(34)55/h4-27,53-54H,1-3H3. The summed E-state index contributed by atoms with van der Waals surface area (Å²) in [4.78, 5) is 0. The lowest BCUT2D eigenvalue weighted by Gasteiger charge is -2.24. The van der Waals surface area contributed by atoms with E-state index < -0.39 is 0 Å². The van der Waals surface area contributed by atoms with Gasteiger partial charge in [-0.25, -0.2) is 0 Å². The Bertz CT molecular complexity index is 3720. The SMILES string of the molecule is CC(C)(C)c1ccc(Nc2cc3sc4ccccc4c3cc2-c2ccc3c4cc5c(cc4n4c3c2Bc2cc3oc6ccccc6c3cc2-4)sc2ccccc25)cc1. The van der Waals surface area contributed by atoms with Crippen molar-refractivity contribution < 1.29 is 4.42 Å². The van der Waals surface area contributed by atoms with Gasteiger partial charge in [-0.15, -0.1) is 22.7 Å². The van der Waals surface area contributed by atoms with Gasteiger partial charge in [0.05, 0.1) is 5.52 Å². The van der Waals surface area contributed by atoms with Gasteiger partial charge in [0.15, 0.2) is 7.28 Å². The molecule has 0 bridgehead atoms. The second-order valence-electron chi connectivity index (χ2n) is 17.0. The van der Waals surface area contributed by atoms with E-state index in [9.17, 15) is 0 Å². The van der Waals surface area contributed by atoms with E-state index in [0.29, 0.717) is 0 Å². The molecule has 1 aliphatic heterocycles. The molecule has 0 unspecified atom stereocenters. The average molecular weight is 779 g/mol. The van der Waals surface area contributed by atoms with Gasteiger partial charge in [0.25, 0.3) is 0 Å². The fourth-order valence-electron chi connectivity index (χ4n) is 9.72. The maximum atomic E-state index is 6.53. The van der Waals surface area contributed by atoms with Crippen molar-refractivity contribution in [3.05, 3.63) is 151 Å². The van der Waals surface area contributed by atoms with E-state index in [-0.39, 0.29) is 5.41 Å². The average Bonchev–Trinajstić information content (AvgIpc) is 3.98. The van der Waals surface area contributed by atoms with E-state index in [4.69, 9.17) is 4.42 Å². The number of hydrogen-bond acceptors (Lipinski definition) is 4. The fraction of sp³-hybridized carbons (Fsp3) is 0.0769. The van der Waals surface area contributed by atoms with Crippen molar-refractivity contribution >= 4 is 136 Å². The zero-order valence-corrected chi connectivity index (χ0v) is 33.9. The molecular weight excluding hydrogens is 744 g/mol. The van der Waals surface area contributed by atoms with Gasteiger partial charge in [0.2, 0.25) is 0 Å². The lowest BCUT2D eigenvalue weighted by Crippen LogP contribution is -2.37. The van der Waals surface area contributed by atoms with E-state index >= 15 is 0 Å². The summed E-state index contributed by atoms with van der Waals surface area (Å²) in [6.07, 6.45) is 0. The minimum Gasteiger partial charge on any atom is -0.456 e. The summed E-state index contributed by atoms with van der Waals surface area (Å²) < 4.78 is 14.3. The molecule has 13 rings (SSSR count). The molecule has 8 aromatic carbocycles. The highest BCUT2D eigenvalue weighted by atomic mass is 32.1. The van der Waals surface area contributed by atoms with E-state index in [1.807, 2.05) is 22.7 Å². The second kappa shape index (κ2) is 11.6. The highest BCUT2D eigenvalue weighted by Crippen LogP contribution is 2.45. The van der Waals surface area contributed by atoms with Gasteiger partial charge in [-0.2, -0.15) is 0 Å². The largest absolute Gasteiger partial charge is 0.456 e. The van der Waals surface area contributed by atoms with Crippen LogP contribution in [0.5, 0.6) is 0 Å². The first-order chi connectivity index (χ1) is 28.3. The van der Waals surface area contributed by atoms with Crippen LogP contribution in [0.15, 0.2) is 150 Å². The Morgan fingerprint density at radius 2 is 1.22 bits per heavy atom. The third-order valence-electron chi connectivity index (χ3n) is 12.6. The van der Waals surface area contributed by atoms with Gasteiger partial charge in [-0.05, 0) is 88.7 Å². The Morgan fingerprint density at radius 3 is 1.98 bits per heavy atom. The number of benzene rings is 8. The Kier molecular flexibility index (Phi) is 6.56. The van der Waals surface area contributed by atoms with Crippen molar-refractivity contribution in [2.45, 2.75) is 26.2 Å². The fourth-order valence-corrected chi connectivity index (χ4v) is 12.0. The van der Waals surface area contributed by atoms with Gasteiger partial charge in [-0.1, -0.05) is 105 Å². The van der Waals surface area contributed by atoms with Gasteiger partial charge >= 0.3 is 0 Å². The topological polar surface area (TPSA) is 30.1 Å². The van der Waals surface area contributed by atoms with Crippen molar-refractivity contribution in [3.63, 3.8) is 0 Å². The molecule has 0 spiro atoms. The molecule has 5 heterocycles. The van der Waals surface area contributed by atoms with Crippen molar-refractivity contribution in [1.29, 1.82) is 0 Å². The van der Waals surface area contributed by atoms with Crippen molar-refractivity contribution in [2.75, 3.05) is 5.32 Å². The lowest BCUT2D eigenvalue weighted by molar-refractivity contribution is 0.590. The predicted octanol–water partition coefficient (Wildman–Crippen LogP) is 13.8. The quantitative estimate of drug-likeness (QED) is 0.181. The highest BCUT2D eigenvalue weighted by Gasteiger charge is 2.29. The molecule has 0 fully saturated rings. The molecule has 1 N–H and O–H groups in total. The number of hydrogen-bond donors (Lipinski definition) is 1. The first-order valence-corrected chi connectivity index (χ1v) is 21.7. The van der Waals surface area contributed by atoms with Crippen molar-refractivity contribution in [1.82, 2.24) is 4.57 Å². The molecule has 12 aromatic rings. The van der Waals surface area contributed by atoms with Crippen LogP contribution < -0.4 is 16.2 Å². The van der Waals surface area contributed by atoms with Crippen LogP contribution in [0.4, 0.5) is 11.4 Å². The van der Waals surface area contributed by atoms with Crippen LogP contribution >= 0.6 is 22.7 Å². The zero-order chi connectivity index (χ0) is 38.4. The number of para-hydroxylation sites is 1. The molecule has 0 atom stereocenters. The number of rotatable bonds is 3. The molecule has 0 aliphatic carbocycles. The Balaban J connectivity index is 1.12. The molecule has 0 saturated carbocycles. The summed E-state index contributed by atoms with van der Waals surface area (Å²) in [5.41, 5.74) is 14.3. The molecule has 4 aromatic heterocycles. The van der Waals surface area contributed by atoms with Crippen LogP contribution in [-0.4, -0.2) is 11.8 Å². The number of anilines is 2. The molecule has 0 saturated heterocycles. The van der Waals surface area contributed by atoms with Gasteiger partial charge in [-0.3, -0.25) is 0 Å². The third kappa shape index (κ3) is 4.61. The van der Waals surface area contributed by atoms with E-state index in [2.05, 4.69) is 176 Å². The summed E-state index contributed by atoms with van der Waals surface area (Å²) in [6, 6.07) is 54.3. The number of aromatic nitrogens is 1. The molecule has 3 nitrogen and oxygen atoms in total. The van der Waals surface area contributed by atoms with Gasteiger partial charge < -0.3 is 14.3 Å². The number of fused-ring (bicyclic) bond motifs is 14. The zero-order valence-electron chi connectivity index (χ0n) is 32.2. The maximum absolute atomic E-state index is 6.53. The van der Waals surface area contributed by atoms with E-state index in [1.165, 1.54) is 95.5 Å². The molecule has 58 heavy (non-hydrogen) atoms. The third-order valence-corrected chi connectivity index (χ3v) is 14.8. The summed E-state index contributed by atoms with van der Waals surface area (Å²) >= 11 is 3.75. The minimum atomic E-state index is 0.0860. The molecule has 0 amide bonds. The molecule has 6 heteroatoms. The van der Waals surface area contributed by atoms with Crippen molar-refractivity contribution in [3.8, 4) is 16.8 Å². The summed E-state index contributed by atoms with van der Waals surface area (Å²) in [7, 11) is 0.796. The van der Waals surface area contributed by atoms with Crippen molar-refractivity contribution in [2.24, 2.45) is 0 Å². The highest BCUT2D eigenvalue weighted by molar-refractivity contribution is 7.26. The Labute approximate surface area is 343 Å². The van der Waals surface area contributed by atoms with Gasteiger partial charge in [0.1, 0.15) is 11.2 Å². The molecule has 0 radical (unpaired) electrons. The second-order valence-corrected chi connectivity index (χ2v) is 19.2. The van der Waals surface area contributed by atoms with Crippen LogP contribution in [-0.2, 0) is 5.41 Å². The normalized spacial score (nSPS) is 12.9. The number of furan rings is 1. The molecule has 274 valence electrons. The predicted molar refractivity (Wildman–Crippen MR) is 254 cm³/mol. The minimum absolute atomic E-state index is 0.0860. The van der Waals surface area contributed by atoms with Crippen LogP contribution in [0.3, 0.4) is 0 Å². The van der Waals surface area contributed by atoms with Crippen LogP contribution in [0.25, 0.3) is 101 Å². The Morgan fingerprint density at radius 1 is 0.534 bits per heavy atom. The smallest absolute Gasteiger partial charge is 0.198 e. The summed E-state index contributed by atoms with van der Waals surface area (Å²) in [5, 5.41) is 14.1. The molecule has 1 aliphatic rings. The number of nitrogens with one attached hydrogen (secondary N) is 1. The lowest BCUT2D eigenvalue weighted by atomic mass is 9.59. The summed E-state index contributed by atoms with van der Waals surface area (Å²) in [6.45, 7) is 6.81. The maximum Gasteiger partial charge on any atom is 0.198 e. The van der Waals surface area contributed by atoms with Crippen LogP contribution in [0.1, 0.15) is 26.3 Å². The van der Waals surface area contributed by atoms with E-state index in [1.54, 1.807) is 0 Å². The first-order valence-electron chi connectivity index (χ1n) is 20.0. The van der Waals surface area contributed by atoms with E-state index in [0.717, 1.165) is 40.6 Å². The number of thiophene rings is 2. The first kappa shape index (κ1) is 32.7. The Hall–Kier alpha value is -6.34. The molecular formula is C52H35BN2OS2. The van der Waals surface area contributed by atoms with Crippen LogP contribution in [0, 0.1) is 0 Å². The number of nitrogens with zero attached hydrogens (tertiary/aromatic N) is 1. The van der Waals surface area contributed by atoms with Gasteiger partial charge in [0, 0.05) is 90.0 Å².